The van der Waals surface area contributed by atoms with Crippen LogP contribution in [0.3, 0.4) is 0 Å². The first-order valence-electron chi connectivity index (χ1n) is 5.98. The Morgan fingerprint density at radius 2 is 2.06 bits per heavy atom. The van der Waals surface area contributed by atoms with Gasteiger partial charge in [0.2, 0.25) is 0 Å². The minimum Gasteiger partial charge on any atom is -0.495 e. The lowest BCUT2D eigenvalue weighted by atomic mass is 9.83. The maximum atomic E-state index is 10.3. The molecule has 3 heteroatoms. The SMILES string of the molecule is COc1cncc(C(O)C2CCCCC2)c1. The zero-order valence-electron chi connectivity index (χ0n) is 9.72. The van der Waals surface area contributed by atoms with E-state index in [0.29, 0.717) is 11.7 Å². The third kappa shape index (κ3) is 2.53. The summed E-state index contributed by atoms with van der Waals surface area (Å²) in [5, 5.41) is 10.3. The Hall–Kier alpha value is -1.09. The molecule has 1 heterocycles. The first-order valence-corrected chi connectivity index (χ1v) is 5.98. The predicted molar refractivity (Wildman–Crippen MR) is 62.3 cm³/mol. The number of aliphatic hydroxyl groups is 1. The third-order valence-corrected chi connectivity index (χ3v) is 3.41. The second-order valence-electron chi connectivity index (χ2n) is 4.50. The number of hydrogen-bond donors (Lipinski definition) is 1. The van der Waals surface area contributed by atoms with Crippen molar-refractivity contribution in [3.8, 4) is 5.75 Å². The number of aliphatic hydroxyl groups excluding tert-OH is 1. The summed E-state index contributed by atoms with van der Waals surface area (Å²) < 4.78 is 5.12. The van der Waals surface area contributed by atoms with Crippen LogP contribution >= 0.6 is 0 Å². The van der Waals surface area contributed by atoms with Crippen molar-refractivity contribution in [2.45, 2.75) is 38.2 Å². The standard InChI is InChI=1S/C13H19NO2/c1-16-12-7-11(8-14-9-12)13(15)10-5-3-2-4-6-10/h7-10,13,15H,2-6H2,1H3. The zero-order valence-corrected chi connectivity index (χ0v) is 9.72. The molecule has 1 fully saturated rings. The first-order chi connectivity index (χ1) is 7.81. The van der Waals surface area contributed by atoms with Gasteiger partial charge in [0.25, 0.3) is 0 Å². The lowest BCUT2D eigenvalue weighted by Crippen LogP contribution is -2.16. The maximum Gasteiger partial charge on any atom is 0.137 e. The molecule has 1 aliphatic carbocycles. The van der Waals surface area contributed by atoms with E-state index in [-0.39, 0.29) is 6.10 Å². The Morgan fingerprint density at radius 3 is 2.75 bits per heavy atom. The quantitative estimate of drug-likeness (QED) is 0.853. The van der Waals surface area contributed by atoms with Crippen LogP contribution in [-0.2, 0) is 0 Å². The average molecular weight is 221 g/mol. The molecular formula is C13H19NO2. The summed E-state index contributed by atoms with van der Waals surface area (Å²) in [5.74, 6) is 1.11. The summed E-state index contributed by atoms with van der Waals surface area (Å²) in [4.78, 5) is 4.09. The highest BCUT2D eigenvalue weighted by molar-refractivity contribution is 5.25. The zero-order chi connectivity index (χ0) is 11.4. The van der Waals surface area contributed by atoms with Gasteiger partial charge in [-0.15, -0.1) is 0 Å². The molecule has 1 aromatic heterocycles. The van der Waals surface area contributed by atoms with Gasteiger partial charge in [-0.1, -0.05) is 19.3 Å². The summed E-state index contributed by atoms with van der Waals surface area (Å²) in [7, 11) is 1.62. The predicted octanol–water partition coefficient (Wildman–Crippen LogP) is 2.70. The maximum absolute atomic E-state index is 10.3. The van der Waals surface area contributed by atoms with Crippen LogP contribution in [0.4, 0.5) is 0 Å². The molecule has 0 aromatic carbocycles. The molecule has 88 valence electrons. The number of rotatable bonds is 3. The lowest BCUT2D eigenvalue weighted by Gasteiger charge is -2.26. The van der Waals surface area contributed by atoms with Crippen LogP contribution < -0.4 is 4.74 Å². The number of pyridine rings is 1. The fourth-order valence-corrected chi connectivity index (χ4v) is 2.43. The van der Waals surface area contributed by atoms with Gasteiger partial charge in [0.05, 0.1) is 19.4 Å². The highest BCUT2D eigenvalue weighted by Gasteiger charge is 2.23. The van der Waals surface area contributed by atoms with E-state index in [9.17, 15) is 5.11 Å². The third-order valence-electron chi connectivity index (χ3n) is 3.41. The van der Waals surface area contributed by atoms with Crippen molar-refractivity contribution in [3.05, 3.63) is 24.0 Å². The van der Waals surface area contributed by atoms with E-state index in [0.717, 1.165) is 18.4 Å². The van der Waals surface area contributed by atoms with Crippen LogP contribution in [0, 0.1) is 5.92 Å². The molecule has 0 aliphatic heterocycles. The van der Waals surface area contributed by atoms with Gasteiger partial charge in [-0.2, -0.15) is 0 Å². The summed E-state index contributed by atoms with van der Waals surface area (Å²) >= 11 is 0. The van der Waals surface area contributed by atoms with Crippen LogP contribution in [0.15, 0.2) is 18.5 Å². The van der Waals surface area contributed by atoms with E-state index in [2.05, 4.69) is 4.98 Å². The summed E-state index contributed by atoms with van der Waals surface area (Å²) in [5.41, 5.74) is 0.881. The van der Waals surface area contributed by atoms with E-state index >= 15 is 0 Å². The normalized spacial score (nSPS) is 19.4. The second-order valence-corrected chi connectivity index (χ2v) is 4.50. The minimum absolute atomic E-state index is 0.386. The minimum atomic E-state index is -0.386. The number of aromatic nitrogens is 1. The Labute approximate surface area is 96.5 Å². The molecule has 0 spiro atoms. The molecule has 1 saturated carbocycles. The van der Waals surface area contributed by atoms with Crippen LogP contribution in [0.25, 0.3) is 0 Å². The van der Waals surface area contributed by atoms with Crippen molar-refractivity contribution in [1.29, 1.82) is 0 Å². The van der Waals surface area contributed by atoms with Crippen LogP contribution in [0.2, 0.25) is 0 Å². The van der Waals surface area contributed by atoms with Gasteiger partial charge in [0.1, 0.15) is 5.75 Å². The van der Waals surface area contributed by atoms with Crippen LogP contribution in [0.5, 0.6) is 5.75 Å². The Kier molecular flexibility index (Phi) is 3.78. The molecule has 0 bridgehead atoms. The lowest BCUT2D eigenvalue weighted by molar-refractivity contribution is 0.0843. The summed E-state index contributed by atoms with van der Waals surface area (Å²) in [6, 6.07) is 1.88. The summed E-state index contributed by atoms with van der Waals surface area (Å²) in [6.07, 6.45) is 9.04. The highest BCUT2D eigenvalue weighted by atomic mass is 16.5. The van der Waals surface area contributed by atoms with Crippen molar-refractivity contribution in [2.75, 3.05) is 7.11 Å². The van der Waals surface area contributed by atoms with Gasteiger partial charge in [-0.05, 0) is 24.8 Å². The molecular weight excluding hydrogens is 202 g/mol. The fourth-order valence-electron chi connectivity index (χ4n) is 2.43. The smallest absolute Gasteiger partial charge is 0.137 e. The van der Waals surface area contributed by atoms with Crippen molar-refractivity contribution >= 4 is 0 Å². The monoisotopic (exact) mass is 221 g/mol. The topological polar surface area (TPSA) is 42.4 Å². The molecule has 0 radical (unpaired) electrons. The van der Waals surface area contributed by atoms with E-state index in [1.54, 1.807) is 19.5 Å². The largest absolute Gasteiger partial charge is 0.495 e. The number of methoxy groups -OCH3 is 1. The Morgan fingerprint density at radius 1 is 1.31 bits per heavy atom. The Balaban J connectivity index is 2.09. The van der Waals surface area contributed by atoms with E-state index < -0.39 is 0 Å². The van der Waals surface area contributed by atoms with Crippen molar-refractivity contribution in [3.63, 3.8) is 0 Å². The number of ether oxygens (including phenoxy) is 1. The van der Waals surface area contributed by atoms with Gasteiger partial charge >= 0.3 is 0 Å². The highest BCUT2D eigenvalue weighted by Crippen LogP contribution is 2.34. The van der Waals surface area contributed by atoms with Gasteiger partial charge < -0.3 is 9.84 Å². The molecule has 1 N–H and O–H groups in total. The first kappa shape index (κ1) is 11.4. The van der Waals surface area contributed by atoms with Gasteiger partial charge in [-0.25, -0.2) is 0 Å². The molecule has 0 saturated heterocycles. The average Bonchev–Trinajstić information content (AvgIpc) is 2.39. The Bertz CT molecular complexity index is 334. The molecule has 1 aliphatic rings. The van der Waals surface area contributed by atoms with E-state index in [1.165, 1.54) is 19.3 Å². The van der Waals surface area contributed by atoms with Crippen LogP contribution in [-0.4, -0.2) is 17.2 Å². The number of hydrogen-bond acceptors (Lipinski definition) is 3. The molecule has 3 nitrogen and oxygen atoms in total. The molecule has 2 rings (SSSR count). The van der Waals surface area contributed by atoms with Crippen molar-refractivity contribution in [1.82, 2.24) is 4.98 Å². The van der Waals surface area contributed by atoms with Crippen LogP contribution in [0.1, 0.15) is 43.8 Å². The molecule has 1 unspecified atom stereocenters. The van der Waals surface area contributed by atoms with Gasteiger partial charge in [-0.3, -0.25) is 4.98 Å². The van der Waals surface area contributed by atoms with Gasteiger partial charge in [0.15, 0.2) is 0 Å². The van der Waals surface area contributed by atoms with Crippen molar-refractivity contribution < 1.29 is 9.84 Å². The molecule has 0 amide bonds. The van der Waals surface area contributed by atoms with Crippen molar-refractivity contribution in [2.24, 2.45) is 5.92 Å². The molecule has 1 aromatic rings. The molecule has 16 heavy (non-hydrogen) atoms. The van der Waals surface area contributed by atoms with E-state index in [1.807, 2.05) is 6.07 Å². The summed E-state index contributed by atoms with van der Waals surface area (Å²) in [6.45, 7) is 0. The van der Waals surface area contributed by atoms with E-state index in [4.69, 9.17) is 4.74 Å². The fraction of sp³-hybridized carbons (Fsp3) is 0.615. The second kappa shape index (κ2) is 5.30. The van der Waals surface area contributed by atoms with Gasteiger partial charge in [0, 0.05) is 11.8 Å². The number of nitrogens with zero attached hydrogens (tertiary/aromatic N) is 1. The molecule has 1 atom stereocenters.